The summed E-state index contributed by atoms with van der Waals surface area (Å²) < 4.78 is 27.6. The zero-order valence-electron chi connectivity index (χ0n) is 15.1. The number of benzene rings is 1. The highest BCUT2D eigenvalue weighted by molar-refractivity contribution is 7.88. The van der Waals surface area contributed by atoms with Gasteiger partial charge in [-0.1, -0.05) is 29.8 Å². The van der Waals surface area contributed by atoms with E-state index in [-0.39, 0.29) is 0 Å². The van der Waals surface area contributed by atoms with Crippen LogP contribution in [0.1, 0.15) is 18.4 Å². The standard InChI is InChI=1S/C17H25N5O2S2/c1-13-5-7-15(8-6-13)16-19-17(25)22(20-16)12-21-9-3-4-14(11-21)10-18-26(2,23)24/h5-8,14,18H,3-4,9-12H2,1-2H3,(H,19,20,25). The van der Waals surface area contributed by atoms with E-state index in [4.69, 9.17) is 12.2 Å². The zero-order chi connectivity index (χ0) is 18.7. The lowest BCUT2D eigenvalue weighted by Crippen LogP contribution is -2.41. The molecule has 1 fully saturated rings. The number of hydrogen-bond donors (Lipinski definition) is 2. The maximum Gasteiger partial charge on any atom is 0.217 e. The Morgan fingerprint density at radius 3 is 2.77 bits per heavy atom. The topological polar surface area (TPSA) is 83.0 Å². The maximum absolute atomic E-state index is 11.3. The van der Waals surface area contributed by atoms with Crippen molar-refractivity contribution in [3.8, 4) is 11.4 Å². The first-order valence-electron chi connectivity index (χ1n) is 8.71. The van der Waals surface area contributed by atoms with Crippen LogP contribution in [0.4, 0.5) is 0 Å². The molecule has 3 rings (SSSR count). The van der Waals surface area contributed by atoms with Crippen molar-refractivity contribution in [3.05, 3.63) is 34.6 Å². The summed E-state index contributed by atoms with van der Waals surface area (Å²) in [4.78, 5) is 6.75. The van der Waals surface area contributed by atoms with E-state index in [2.05, 4.69) is 38.8 Å². The van der Waals surface area contributed by atoms with E-state index >= 15 is 0 Å². The van der Waals surface area contributed by atoms with Gasteiger partial charge >= 0.3 is 0 Å². The Kier molecular flexibility index (Phi) is 5.91. The third kappa shape index (κ3) is 5.23. The van der Waals surface area contributed by atoms with Crippen LogP contribution in [0.15, 0.2) is 24.3 Å². The second-order valence-corrected chi connectivity index (χ2v) is 9.19. The largest absolute Gasteiger partial charge is 0.284 e. The molecule has 1 aromatic carbocycles. The molecule has 142 valence electrons. The minimum Gasteiger partial charge on any atom is -0.284 e. The molecule has 2 aromatic rings. The molecule has 0 aliphatic carbocycles. The molecule has 1 aliphatic heterocycles. The van der Waals surface area contributed by atoms with Gasteiger partial charge in [0, 0.05) is 18.7 Å². The van der Waals surface area contributed by atoms with Gasteiger partial charge in [0.05, 0.1) is 12.9 Å². The number of H-pyrrole nitrogens is 1. The van der Waals surface area contributed by atoms with E-state index in [9.17, 15) is 8.42 Å². The number of sulfonamides is 1. The second-order valence-electron chi connectivity index (χ2n) is 7.00. The molecule has 2 heterocycles. The minimum absolute atomic E-state index is 0.312. The van der Waals surface area contributed by atoms with Gasteiger partial charge in [-0.05, 0) is 44.4 Å². The number of likely N-dealkylation sites (tertiary alicyclic amines) is 1. The molecule has 7 nitrogen and oxygen atoms in total. The van der Waals surface area contributed by atoms with Crippen LogP contribution in [0.2, 0.25) is 0 Å². The van der Waals surface area contributed by atoms with Crippen LogP contribution in [0.3, 0.4) is 0 Å². The van der Waals surface area contributed by atoms with Crippen molar-refractivity contribution in [3.63, 3.8) is 0 Å². The van der Waals surface area contributed by atoms with Gasteiger partial charge in [-0.3, -0.25) is 10.00 Å². The highest BCUT2D eigenvalue weighted by atomic mass is 32.2. The van der Waals surface area contributed by atoms with Gasteiger partial charge in [-0.15, -0.1) is 0 Å². The minimum atomic E-state index is -3.14. The van der Waals surface area contributed by atoms with Crippen LogP contribution in [-0.4, -0.2) is 54.0 Å². The fraction of sp³-hybridized carbons (Fsp3) is 0.529. The molecule has 1 saturated heterocycles. The first-order chi connectivity index (χ1) is 12.3. The van der Waals surface area contributed by atoms with E-state index in [1.54, 1.807) is 0 Å². The molecule has 1 aliphatic rings. The molecule has 0 bridgehead atoms. The molecular formula is C17H25N5O2S2. The van der Waals surface area contributed by atoms with Crippen LogP contribution >= 0.6 is 12.2 Å². The fourth-order valence-electron chi connectivity index (χ4n) is 3.21. The molecule has 0 radical (unpaired) electrons. The number of piperidine rings is 1. The smallest absolute Gasteiger partial charge is 0.217 e. The van der Waals surface area contributed by atoms with E-state index < -0.39 is 10.0 Å². The van der Waals surface area contributed by atoms with Gasteiger partial charge in [0.25, 0.3) is 0 Å². The molecule has 1 unspecified atom stereocenters. The predicted molar refractivity (Wildman–Crippen MR) is 105 cm³/mol. The summed E-state index contributed by atoms with van der Waals surface area (Å²) in [7, 11) is -3.14. The second kappa shape index (κ2) is 7.99. The van der Waals surface area contributed by atoms with Gasteiger partial charge in [0.1, 0.15) is 0 Å². The van der Waals surface area contributed by atoms with Gasteiger partial charge in [-0.2, -0.15) is 4.98 Å². The summed E-state index contributed by atoms with van der Waals surface area (Å²) in [5.74, 6) is 1.08. The fourth-order valence-corrected chi connectivity index (χ4v) is 3.94. The third-order valence-corrected chi connectivity index (χ3v) is 5.59. The van der Waals surface area contributed by atoms with Gasteiger partial charge in [0.2, 0.25) is 14.8 Å². The SMILES string of the molecule is Cc1ccc(-c2nc(=S)n(CN3CCCC(CNS(C)(=O)=O)C3)[nH]2)cc1. The quantitative estimate of drug-likeness (QED) is 0.732. The monoisotopic (exact) mass is 395 g/mol. The molecule has 2 N–H and O–H groups in total. The lowest BCUT2D eigenvalue weighted by molar-refractivity contribution is 0.132. The molecule has 1 atom stereocenters. The molecule has 26 heavy (non-hydrogen) atoms. The van der Waals surface area contributed by atoms with Crippen molar-refractivity contribution < 1.29 is 8.42 Å². The van der Waals surface area contributed by atoms with E-state index in [0.717, 1.165) is 37.3 Å². The lowest BCUT2D eigenvalue weighted by atomic mass is 9.99. The Labute approximate surface area is 159 Å². The van der Waals surface area contributed by atoms with Crippen LogP contribution in [0, 0.1) is 17.6 Å². The Bertz CT molecular complexity index is 902. The first-order valence-corrected chi connectivity index (χ1v) is 11.0. The molecule has 0 saturated carbocycles. The normalized spacial score (nSPS) is 18.9. The highest BCUT2D eigenvalue weighted by Crippen LogP contribution is 2.18. The summed E-state index contributed by atoms with van der Waals surface area (Å²) in [5, 5.41) is 3.28. The van der Waals surface area contributed by atoms with Crippen molar-refractivity contribution >= 4 is 22.2 Å². The van der Waals surface area contributed by atoms with Crippen molar-refractivity contribution in [2.24, 2.45) is 5.92 Å². The lowest BCUT2D eigenvalue weighted by Gasteiger charge is -2.32. The Hall–Kier alpha value is -1.55. The molecular weight excluding hydrogens is 370 g/mol. The average molecular weight is 396 g/mol. The van der Waals surface area contributed by atoms with Crippen molar-refractivity contribution in [2.75, 3.05) is 25.9 Å². The number of nitrogens with zero attached hydrogens (tertiary/aromatic N) is 3. The highest BCUT2D eigenvalue weighted by Gasteiger charge is 2.21. The van der Waals surface area contributed by atoms with Crippen molar-refractivity contribution in [1.29, 1.82) is 0 Å². The van der Waals surface area contributed by atoms with Gasteiger partial charge in [-0.25, -0.2) is 17.8 Å². The van der Waals surface area contributed by atoms with Gasteiger partial charge < -0.3 is 0 Å². The molecule has 0 amide bonds. The Morgan fingerprint density at radius 1 is 1.35 bits per heavy atom. The van der Waals surface area contributed by atoms with E-state index in [1.807, 2.05) is 16.8 Å². The summed E-state index contributed by atoms with van der Waals surface area (Å²) in [5.41, 5.74) is 2.21. The summed E-state index contributed by atoms with van der Waals surface area (Å²) in [6, 6.07) is 8.16. The molecule has 0 spiro atoms. The number of hydrogen-bond acceptors (Lipinski definition) is 5. The molecule has 1 aromatic heterocycles. The van der Waals surface area contributed by atoms with E-state index in [0.29, 0.717) is 23.9 Å². The third-order valence-electron chi connectivity index (χ3n) is 4.58. The van der Waals surface area contributed by atoms with Crippen LogP contribution in [0.5, 0.6) is 0 Å². The molecule has 9 heteroatoms. The zero-order valence-corrected chi connectivity index (χ0v) is 16.7. The number of aromatic amines is 1. The summed E-state index contributed by atoms with van der Waals surface area (Å²) in [6.45, 7) is 4.97. The number of aryl methyl sites for hydroxylation is 1. The maximum atomic E-state index is 11.3. The first kappa shape index (κ1) is 19.2. The van der Waals surface area contributed by atoms with E-state index in [1.165, 1.54) is 11.8 Å². The predicted octanol–water partition coefficient (Wildman–Crippen LogP) is 2.13. The average Bonchev–Trinajstić information content (AvgIpc) is 2.94. The van der Waals surface area contributed by atoms with Crippen molar-refractivity contribution in [1.82, 2.24) is 24.4 Å². The Balaban J connectivity index is 1.65. The van der Waals surface area contributed by atoms with Crippen LogP contribution in [-0.2, 0) is 16.7 Å². The number of rotatable bonds is 6. The summed E-state index contributed by atoms with van der Waals surface area (Å²) in [6.07, 6.45) is 3.27. The van der Waals surface area contributed by atoms with Crippen LogP contribution in [0.25, 0.3) is 11.4 Å². The number of aromatic nitrogens is 3. The van der Waals surface area contributed by atoms with Gasteiger partial charge in [0.15, 0.2) is 5.82 Å². The summed E-state index contributed by atoms with van der Waals surface area (Å²) >= 11 is 5.40. The van der Waals surface area contributed by atoms with Crippen LogP contribution < -0.4 is 4.72 Å². The van der Waals surface area contributed by atoms with Crippen molar-refractivity contribution in [2.45, 2.75) is 26.4 Å². The number of nitrogens with one attached hydrogen (secondary N) is 2. The Morgan fingerprint density at radius 2 is 2.08 bits per heavy atom.